The van der Waals surface area contributed by atoms with Crippen molar-refractivity contribution >= 4 is 33.2 Å². The van der Waals surface area contributed by atoms with Crippen molar-refractivity contribution in [2.24, 2.45) is 0 Å². The molecule has 19 heavy (non-hydrogen) atoms. The Kier molecular flexibility index (Phi) is 3.46. The summed E-state index contributed by atoms with van der Waals surface area (Å²) in [6.07, 6.45) is 1.07. The van der Waals surface area contributed by atoms with Gasteiger partial charge in [0.15, 0.2) is 0 Å². The third-order valence-electron chi connectivity index (χ3n) is 3.55. The highest BCUT2D eigenvalue weighted by Crippen LogP contribution is 2.34. The number of amides is 1. The van der Waals surface area contributed by atoms with Crippen LogP contribution in [-0.4, -0.2) is 12.5 Å². The fraction of sp³-hybridized carbons (Fsp3) is 0.267. The second-order valence-electron chi connectivity index (χ2n) is 4.88. The fourth-order valence-electron chi connectivity index (χ4n) is 2.42. The van der Waals surface area contributed by atoms with Gasteiger partial charge in [0.2, 0.25) is 0 Å². The summed E-state index contributed by atoms with van der Waals surface area (Å²) in [5, 5.41) is 3.03. The molecule has 3 rings (SSSR count). The lowest BCUT2D eigenvalue weighted by atomic mass is 9.77. The molecule has 1 aromatic carbocycles. The lowest BCUT2D eigenvalue weighted by Gasteiger charge is -2.30. The molecule has 0 saturated carbocycles. The molecule has 1 aromatic heterocycles. The fourth-order valence-corrected chi connectivity index (χ4v) is 3.87. The molecule has 0 aliphatic heterocycles. The number of halogens is 1. The molecular weight excluding hydrogens is 322 g/mol. The molecule has 1 heterocycles. The Labute approximate surface area is 125 Å². The van der Waals surface area contributed by atoms with E-state index in [2.05, 4.69) is 45.5 Å². The van der Waals surface area contributed by atoms with Crippen molar-refractivity contribution in [1.82, 2.24) is 5.32 Å². The van der Waals surface area contributed by atoms with Crippen molar-refractivity contribution in [3.63, 3.8) is 0 Å². The van der Waals surface area contributed by atoms with Gasteiger partial charge in [0, 0.05) is 12.5 Å². The van der Waals surface area contributed by atoms with E-state index in [0.29, 0.717) is 5.92 Å². The van der Waals surface area contributed by atoms with Gasteiger partial charge in [-0.25, -0.2) is 0 Å². The Hall–Kier alpha value is -1.13. The molecule has 4 heteroatoms. The van der Waals surface area contributed by atoms with Crippen molar-refractivity contribution in [2.75, 3.05) is 6.54 Å². The Morgan fingerprint density at radius 1 is 1.47 bits per heavy atom. The van der Waals surface area contributed by atoms with Crippen LogP contribution >= 0.6 is 27.3 Å². The van der Waals surface area contributed by atoms with Crippen molar-refractivity contribution < 1.29 is 4.79 Å². The summed E-state index contributed by atoms with van der Waals surface area (Å²) in [7, 11) is 0. The molecule has 1 aliphatic rings. The number of hydrogen-bond acceptors (Lipinski definition) is 2. The van der Waals surface area contributed by atoms with Crippen LogP contribution < -0.4 is 5.32 Å². The molecule has 2 nitrogen and oxygen atoms in total. The lowest BCUT2D eigenvalue weighted by molar-refractivity contribution is 0.0954. The lowest BCUT2D eigenvalue weighted by Crippen LogP contribution is -2.32. The van der Waals surface area contributed by atoms with E-state index in [0.717, 1.165) is 27.2 Å². The second-order valence-corrected chi connectivity index (χ2v) is 7.25. The zero-order valence-corrected chi connectivity index (χ0v) is 13.0. The minimum absolute atomic E-state index is 0.0307. The highest BCUT2D eigenvalue weighted by atomic mass is 79.9. The summed E-state index contributed by atoms with van der Waals surface area (Å²) >= 11 is 4.94. The van der Waals surface area contributed by atoms with E-state index in [1.54, 1.807) is 0 Å². The summed E-state index contributed by atoms with van der Waals surface area (Å²) in [5.41, 5.74) is 3.91. The quantitative estimate of drug-likeness (QED) is 0.905. The van der Waals surface area contributed by atoms with Gasteiger partial charge in [0.1, 0.15) is 0 Å². The third kappa shape index (κ3) is 2.47. The Balaban J connectivity index is 1.61. The standard InChI is InChI=1S/C15H14BrNOS/c1-9-6-13(19-14(9)16)15(18)17-8-11-7-10-4-2-3-5-12(10)11/h2-6,11H,7-8H2,1H3,(H,17,18). The number of aryl methyl sites for hydroxylation is 1. The Morgan fingerprint density at radius 2 is 2.26 bits per heavy atom. The molecule has 1 unspecified atom stereocenters. The number of nitrogens with one attached hydrogen (secondary N) is 1. The molecule has 0 saturated heterocycles. The van der Waals surface area contributed by atoms with Gasteiger partial charge in [-0.2, -0.15) is 0 Å². The van der Waals surface area contributed by atoms with Crippen molar-refractivity contribution in [3.05, 3.63) is 55.7 Å². The maximum atomic E-state index is 12.0. The van der Waals surface area contributed by atoms with Crippen molar-refractivity contribution in [3.8, 4) is 0 Å². The van der Waals surface area contributed by atoms with E-state index in [1.807, 2.05) is 13.0 Å². The topological polar surface area (TPSA) is 29.1 Å². The first-order valence-electron chi connectivity index (χ1n) is 6.27. The van der Waals surface area contributed by atoms with Crippen LogP contribution in [0.3, 0.4) is 0 Å². The van der Waals surface area contributed by atoms with E-state index >= 15 is 0 Å². The van der Waals surface area contributed by atoms with Gasteiger partial charge >= 0.3 is 0 Å². The Bertz CT molecular complexity index is 615. The van der Waals surface area contributed by atoms with Gasteiger partial charge in [-0.15, -0.1) is 11.3 Å². The SMILES string of the molecule is Cc1cc(C(=O)NCC2Cc3ccccc32)sc1Br. The van der Waals surface area contributed by atoms with Crippen LogP contribution in [0.5, 0.6) is 0 Å². The largest absolute Gasteiger partial charge is 0.351 e. The number of carbonyl (C=O) groups is 1. The van der Waals surface area contributed by atoms with E-state index < -0.39 is 0 Å². The number of benzene rings is 1. The maximum Gasteiger partial charge on any atom is 0.261 e. The summed E-state index contributed by atoms with van der Waals surface area (Å²) in [6, 6.07) is 10.4. The van der Waals surface area contributed by atoms with Crippen LogP contribution in [0, 0.1) is 6.92 Å². The normalized spacial score (nSPS) is 16.6. The smallest absolute Gasteiger partial charge is 0.261 e. The predicted molar refractivity (Wildman–Crippen MR) is 82.0 cm³/mol. The highest BCUT2D eigenvalue weighted by molar-refractivity contribution is 9.11. The zero-order valence-electron chi connectivity index (χ0n) is 10.6. The first-order valence-corrected chi connectivity index (χ1v) is 7.88. The molecule has 0 fully saturated rings. The van der Waals surface area contributed by atoms with E-state index in [1.165, 1.54) is 22.5 Å². The van der Waals surface area contributed by atoms with Gasteiger partial charge in [-0.05, 0) is 52.0 Å². The minimum atomic E-state index is 0.0307. The number of hydrogen-bond donors (Lipinski definition) is 1. The molecule has 98 valence electrons. The summed E-state index contributed by atoms with van der Waals surface area (Å²) in [5.74, 6) is 0.507. The molecular formula is C15H14BrNOS. The van der Waals surface area contributed by atoms with Crippen LogP contribution in [0.4, 0.5) is 0 Å². The van der Waals surface area contributed by atoms with E-state index in [4.69, 9.17) is 0 Å². The molecule has 0 radical (unpaired) electrons. The molecule has 1 amide bonds. The second kappa shape index (κ2) is 5.10. The van der Waals surface area contributed by atoms with Gasteiger partial charge in [-0.3, -0.25) is 4.79 Å². The van der Waals surface area contributed by atoms with Gasteiger partial charge in [0.25, 0.3) is 5.91 Å². The summed E-state index contributed by atoms with van der Waals surface area (Å²) < 4.78 is 1.03. The maximum absolute atomic E-state index is 12.0. The van der Waals surface area contributed by atoms with Gasteiger partial charge in [-0.1, -0.05) is 24.3 Å². The third-order valence-corrected chi connectivity index (χ3v) is 5.69. The van der Waals surface area contributed by atoms with Crippen LogP contribution in [0.15, 0.2) is 34.1 Å². The van der Waals surface area contributed by atoms with E-state index in [9.17, 15) is 4.79 Å². The van der Waals surface area contributed by atoms with Gasteiger partial charge in [0.05, 0.1) is 8.66 Å². The van der Waals surface area contributed by atoms with Gasteiger partial charge < -0.3 is 5.32 Å². The average Bonchev–Trinajstić information content (AvgIpc) is 2.71. The molecule has 1 aliphatic carbocycles. The van der Waals surface area contributed by atoms with Crippen LogP contribution in [0.1, 0.15) is 32.3 Å². The summed E-state index contributed by atoms with van der Waals surface area (Å²) in [4.78, 5) is 12.8. The highest BCUT2D eigenvalue weighted by Gasteiger charge is 2.25. The van der Waals surface area contributed by atoms with Crippen molar-refractivity contribution in [1.29, 1.82) is 0 Å². The Morgan fingerprint density at radius 3 is 2.95 bits per heavy atom. The van der Waals surface area contributed by atoms with E-state index in [-0.39, 0.29) is 5.91 Å². The number of rotatable bonds is 3. The number of carbonyl (C=O) groups excluding carboxylic acids is 1. The minimum Gasteiger partial charge on any atom is -0.351 e. The average molecular weight is 336 g/mol. The number of thiophene rings is 1. The van der Waals surface area contributed by atoms with Crippen molar-refractivity contribution in [2.45, 2.75) is 19.3 Å². The molecule has 0 spiro atoms. The molecule has 2 aromatic rings. The molecule has 0 bridgehead atoms. The van der Waals surface area contributed by atoms with Crippen LogP contribution in [0.2, 0.25) is 0 Å². The molecule has 1 N–H and O–H groups in total. The first kappa shape index (κ1) is 12.9. The zero-order chi connectivity index (χ0) is 13.4. The van der Waals surface area contributed by atoms with Crippen LogP contribution in [-0.2, 0) is 6.42 Å². The monoisotopic (exact) mass is 335 g/mol. The summed E-state index contributed by atoms with van der Waals surface area (Å²) in [6.45, 7) is 2.73. The number of fused-ring (bicyclic) bond motifs is 1. The molecule has 1 atom stereocenters. The predicted octanol–water partition coefficient (Wildman–Crippen LogP) is 3.89. The first-order chi connectivity index (χ1) is 9.15. The van der Waals surface area contributed by atoms with Crippen LogP contribution in [0.25, 0.3) is 0 Å².